The predicted octanol–water partition coefficient (Wildman–Crippen LogP) is 3.43. The molecule has 0 aliphatic heterocycles. The predicted molar refractivity (Wildman–Crippen MR) is 89.6 cm³/mol. The summed E-state index contributed by atoms with van der Waals surface area (Å²) in [5.74, 6) is 2.34. The highest BCUT2D eigenvalue weighted by Gasteiger charge is 2.30. The maximum absolute atomic E-state index is 12.2. The Balaban J connectivity index is 1.54. The summed E-state index contributed by atoms with van der Waals surface area (Å²) in [7, 11) is 1.65. The topological polar surface area (TPSA) is 56.1 Å². The fourth-order valence-corrected chi connectivity index (χ4v) is 2.77. The standard InChI is InChI=1S/C18H23N3O2/c1-13(15-6-7-15)21-17(11-12-19-21)20-18(22)10-5-14-3-8-16(23-2)9-4-14/h3-4,8-9,11-13,15H,5-7,10H2,1-2H3,(H,20,22). The average molecular weight is 313 g/mol. The van der Waals surface area contributed by atoms with E-state index in [2.05, 4.69) is 17.3 Å². The van der Waals surface area contributed by atoms with Crippen LogP contribution in [0.4, 0.5) is 5.82 Å². The van der Waals surface area contributed by atoms with Crippen molar-refractivity contribution in [3.8, 4) is 5.75 Å². The molecule has 5 nitrogen and oxygen atoms in total. The van der Waals surface area contributed by atoms with Crippen LogP contribution in [-0.4, -0.2) is 22.8 Å². The summed E-state index contributed by atoms with van der Waals surface area (Å²) in [5.41, 5.74) is 1.13. The molecule has 0 bridgehead atoms. The zero-order valence-electron chi connectivity index (χ0n) is 13.7. The summed E-state index contributed by atoms with van der Waals surface area (Å²) in [4.78, 5) is 12.2. The first-order chi connectivity index (χ1) is 11.2. The molecule has 0 saturated heterocycles. The highest BCUT2D eigenvalue weighted by molar-refractivity contribution is 5.89. The molecule has 1 atom stereocenters. The molecule has 1 heterocycles. The van der Waals surface area contributed by atoms with E-state index in [4.69, 9.17) is 4.74 Å². The number of nitrogens with zero attached hydrogens (tertiary/aromatic N) is 2. The van der Waals surface area contributed by atoms with Gasteiger partial charge in [0.15, 0.2) is 0 Å². The van der Waals surface area contributed by atoms with E-state index in [9.17, 15) is 4.79 Å². The second-order valence-corrected chi connectivity index (χ2v) is 6.14. The van der Waals surface area contributed by atoms with Gasteiger partial charge >= 0.3 is 0 Å². The summed E-state index contributed by atoms with van der Waals surface area (Å²) in [6, 6.07) is 10.0. The Morgan fingerprint density at radius 2 is 2.09 bits per heavy atom. The normalized spacial score (nSPS) is 15.2. The van der Waals surface area contributed by atoms with Gasteiger partial charge in [0, 0.05) is 12.5 Å². The lowest BCUT2D eigenvalue weighted by Crippen LogP contribution is -2.18. The van der Waals surface area contributed by atoms with Crippen LogP contribution in [0.3, 0.4) is 0 Å². The Hall–Kier alpha value is -2.30. The first kappa shape index (κ1) is 15.6. The van der Waals surface area contributed by atoms with Gasteiger partial charge in [-0.1, -0.05) is 12.1 Å². The summed E-state index contributed by atoms with van der Waals surface area (Å²) < 4.78 is 7.07. The Morgan fingerprint density at radius 3 is 2.74 bits per heavy atom. The van der Waals surface area contributed by atoms with Crippen molar-refractivity contribution >= 4 is 11.7 Å². The number of amides is 1. The molecule has 0 spiro atoms. The van der Waals surface area contributed by atoms with E-state index >= 15 is 0 Å². The molecule has 1 aliphatic carbocycles. The molecule has 1 aromatic carbocycles. The van der Waals surface area contributed by atoms with E-state index in [0.29, 0.717) is 24.8 Å². The van der Waals surface area contributed by atoms with Crippen molar-refractivity contribution in [1.29, 1.82) is 0 Å². The van der Waals surface area contributed by atoms with Crippen LogP contribution in [0.25, 0.3) is 0 Å². The monoisotopic (exact) mass is 313 g/mol. The third-order valence-corrected chi connectivity index (χ3v) is 4.43. The Morgan fingerprint density at radius 1 is 1.35 bits per heavy atom. The van der Waals surface area contributed by atoms with Crippen LogP contribution in [0.2, 0.25) is 0 Å². The molecule has 1 amide bonds. The molecule has 2 aromatic rings. The number of benzene rings is 1. The summed E-state index contributed by atoms with van der Waals surface area (Å²) in [5, 5.41) is 7.34. The van der Waals surface area contributed by atoms with Gasteiger partial charge in [0.25, 0.3) is 0 Å². The smallest absolute Gasteiger partial charge is 0.225 e. The number of ether oxygens (including phenoxy) is 1. The number of anilines is 1. The van der Waals surface area contributed by atoms with Crippen LogP contribution in [0.1, 0.15) is 37.8 Å². The number of carbonyl (C=O) groups excluding carboxylic acids is 1. The molecule has 1 aromatic heterocycles. The number of nitrogens with one attached hydrogen (secondary N) is 1. The summed E-state index contributed by atoms with van der Waals surface area (Å²) in [6.07, 6.45) is 5.42. The van der Waals surface area contributed by atoms with Crippen molar-refractivity contribution in [3.63, 3.8) is 0 Å². The van der Waals surface area contributed by atoms with Gasteiger partial charge in [-0.3, -0.25) is 4.79 Å². The minimum absolute atomic E-state index is 0.0190. The Bertz CT molecular complexity index is 659. The maximum Gasteiger partial charge on any atom is 0.225 e. The molecule has 122 valence electrons. The van der Waals surface area contributed by atoms with Crippen LogP contribution >= 0.6 is 0 Å². The largest absolute Gasteiger partial charge is 0.497 e. The van der Waals surface area contributed by atoms with E-state index in [1.807, 2.05) is 35.0 Å². The van der Waals surface area contributed by atoms with Gasteiger partial charge in [0.2, 0.25) is 5.91 Å². The molecule has 23 heavy (non-hydrogen) atoms. The number of hydrogen-bond donors (Lipinski definition) is 1. The van der Waals surface area contributed by atoms with E-state index < -0.39 is 0 Å². The van der Waals surface area contributed by atoms with Crippen LogP contribution < -0.4 is 10.1 Å². The Kier molecular flexibility index (Phi) is 4.65. The SMILES string of the molecule is COc1ccc(CCC(=O)Nc2ccnn2C(C)C2CC2)cc1. The minimum Gasteiger partial charge on any atom is -0.497 e. The van der Waals surface area contributed by atoms with E-state index in [1.165, 1.54) is 12.8 Å². The zero-order chi connectivity index (χ0) is 16.2. The number of carbonyl (C=O) groups is 1. The number of methoxy groups -OCH3 is 1. The van der Waals surface area contributed by atoms with Gasteiger partial charge in [0.05, 0.1) is 19.3 Å². The highest BCUT2D eigenvalue weighted by Crippen LogP contribution is 2.40. The van der Waals surface area contributed by atoms with Crippen LogP contribution in [0, 0.1) is 5.92 Å². The van der Waals surface area contributed by atoms with Crippen LogP contribution in [0.5, 0.6) is 5.75 Å². The van der Waals surface area contributed by atoms with Crippen molar-refractivity contribution < 1.29 is 9.53 Å². The molecule has 5 heteroatoms. The first-order valence-corrected chi connectivity index (χ1v) is 8.13. The fraction of sp³-hybridized carbons (Fsp3) is 0.444. The molecule has 1 unspecified atom stereocenters. The summed E-state index contributed by atoms with van der Waals surface area (Å²) in [6.45, 7) is 2.16. The molecule has 1 aliphatic rings. The van der Waals surface area contributed by atoms with Crippen molar-refractivity contribution in [2.75, 3.05) is 12.4 Å². The minimum atomic E-state index is 0.0190. The van der Waals surface area contributed by atoms with Crippen LogP contribution in [-0.2, 0) is 11.2 Å². The van der Waals surface area contributed by atoms with Gasteiger partial charge in [-0.15, -0.1) is 0 Å². The molecule has 0 radical (unpaired) electrons. The first-order valence-electron chi connectivity index (χ1n) is 8.13. The van der Waals surface area contributed by atoms with Crippen molar-refractivity contribution in [2.45, 2.75) is 38.6 Å². The lowest BCUT2D eigenvalue weighted by molar-refractivity contribution is -0.116. The number of aromatic nitrogens is 2. The average Bonchev–Trinajstić information content (AvgIpc) is 3.33. The van der Waals surface area contributed by atoms with Gasteiger partial charge < -0.3 is 10.1 Å². The highest BCUT2D eigenvalue weighted by atomic mass is 16.5. The van der Waals surface area contributed by atoms with Gasteiger partial charge in [0.1, 0.15) is 11.6 Å². The number of aryl methyl sites for hydroxylation is 1. The quantitative estimate of drug-likeness (QED) is 0.852. The molecule has 1 fully saturated rings. The van der Waals surface area contributed by atoms with Gasteiger partial charge in [-0.25, -0.2) is 4.68 Å². The van der Waals surface area contributed by atoms with Gasteiger partial charge in [-0.05, 0) is 49.8 Å². The fourth-order valence-electron chi connectivity index (χ4n) is 2.77. The third kappa shape index (κ3) is 3.92. The lowest BCUT2D eigenvalue weighted by Gasteiger charge is -2.15. The van der Waals surface area contributed by atoms with Crippen molar-refractivity contribution in [1.82, 2.24) is 9.78 Å². The number of rotatable bonds is 7. The van der Waals surface area contributed by atoms with Crippen molar-refractivity contribution in [2.24, 2.45) is 5.92 Å². The molecular formula is C18H23N3O2. The Labute approximate surface area is 136 Å². The second-order valence-electron chi connectivity index (χ2n) is 6.14. The second kappa shape index (κ2) is 6.86. The molecule has 3 rings (SSSR count). The van der Waals surface area contributed by atoms with Crippen LogP contribution in [0.15, 0.2) is 36.5 Å². The zero-order valence-corrected chi connectivity index (χ0v) is 13.7. The van der Waals surface area contributed by atoms with E-state index in [0.717, 1.165) is 17.1 Å². The van der Waals surface area contributed by atoms with Crippen molar-refractivity contribution in [3.05, 3.63) is 42.1 Å². The van der Waals surface area contributed by atoms with Gasteiger partial charge in [-0.2, -0.15) is 5.10 Å². The number of hydrogen-bond acceptors (Lipinski definition) is 3. The van der Waals surface area contributed by atoms with E-state index in [1.54, 1.807) is 13.3 Å². The molecular weight excluding hydrogens is 290 g/mol. The lowest BCUT2D eigenvalue weighted by atomic mass is 10.1. The molecule has 1 saturated carbocycles. The maximum atomic E-state index is 12.2. The molecule has 1 N–H and O–H groups in total. The van der Waals surface area contributed by atoms with E-state index in [-0.39, 0.29) is 5.91 Å². The third-order valence-electron chi connectivity index (χ3n) is 4.43. The summed E-state index contributed by atoms with van der Waals surface area (Å²) >= 11 is 0.